The number of nitrogens with one attached hydrogen (secondary N) is 1. The quantitative estimate of drug-likeness (QED) is 0.333. The Balaban J connectivity index is 2.32. The van der Waals surface area contributed by atoms with Crippen molar-refractivity contribution in [3.05, 3.63) is 64.7 Å². The van der Waals surface area contributed by atoms with Gasteiger partial charge in [0.1, 0.15) is 6.10 Å². The van der Waals surface area contributed by atoms with E-state index < -0.39 is 0 Å². The van der Waals surface area contributed by atoms with Gasteiger partial charge < -0.3 is 10.2 Å². The molecule has 0 heterocycles. The standard InChI is InChI=1S/C24H28ClN3O2/c1-15(2)30-28-17(4)19-11-13-20(14-12-19)21-9-7-8-10-22(21)27-24(29)23(16(3)25)18(5)26-6/h7-15H,1-6H3,(H,27,29)/b23-16-,26-18?,28-17+. The molecule has 0 spiro atoms. The summed E-state index contributed by atoms with van der Waals surface area (Å²) >= 11 is 6.14. The van der Waals surface area contributed by atoms with Crippen molar-refractivity contribution in [3.8, 4) is 11.1 Å². The Bertz CT molecular complexity index is 986. The third kappa shape index (κ3) is 6.04. The van der Waals surface area contributed by atoms with Crippen LogP contribution in [0.25, 0.3) is 11.1 Å². The molecule has 2 rings (SSSR count). The number of anilines is 1. The number of carbonyl (C=O) groups is 1. The van der Waals surface area contributed by atoms with E-state index in [1.165, 1.54) is 0 Å². The van der Waals surface area contributed by atoms with Gasteiger partial charge in [0, 0.05) is 29.0 Å². The molecule has 0 bridgehead atoms. The van der Waals surface area contributed by atoms with Gasteiger partial charge in [-0.3, -0.25) is 9.79 Å². The van der Waals surface area contributed by atoms with E-state index in [0.29, 0.717) is 22.0 Å². The van der Waals surface area contributed by atoms with Crippen LogP contribution in [0.3, 0.4) is 0 Å². The van der Waals surface area contributed by atoms with Crippen molar-refractivity contribution < 1.29 is 9.63 Å². The van der Waals surface area contributed by atoms with E-state index in [2.05, 4.69) is 15.5 Å². The van der Waals surface area contributed by atoms with Crippen molar-refractivity contribution in [3.63, 3.8) is 0 Å². The van der Waals surface area contributed by atoms with Gasteiger partial charge in [-0.25, -0.2) is 0 Å². The van der Waals surface area contributed by atoms with Crippen molar-refractivity contribution in [2.24, 2.45) is 10.1 Å². The molecule has 0 atom stereocenters. The average molecular weight is 426 g/mol. The van der Waals surface area contributed by atoms with Crippen LogP contribution in [0.1, 0.15) is 40.2 Å². The molecular weight excluding hydrogens is 398 g/mol. The zero-order valence-electron chi connectivity index (χ0n) is 18.3. The highest BCUT2D eigenvalue weighted by atomic mass is 35.5. The van der Waals surface area contributed by atoms with E-state index in [1.807, 2.05) is 69.3 Å². The number of allylic oxidation sites excluding steroid dienone is 1. The minimum Gasteiger partial charge on any atom is -0.393 e. The summed E-state index contributed by atoms with van der Waals surface area (Å²) < 4.78 is 0. The molecule has 158 valence electrons. The molecule has 5 nitrogen and oxygen atoms in total. The van der Waals surface area contributed by atoms with Crippen LogP contribution >= 0.6 is 11.6 Å². The van der Waals surface area contributed by atoms with Crippen LogP contribution < -0.4 is 5.32 Å². The normalized spacial score (nSPS) is 13.2. The van der Waals surface area contributed by atoms with Gasteiger partial charge in [0.2, 0.25) is 0 Å². The summed E-state index contributed by atoms with van der Waals surface area (Å²) in [6, 6.07) is 15.6. The second-order valence-corrected chi connectivity index (χ2v) is 7.69. The second-order valence-electron chi connectivity index (χ2n) is 7.13. The number of para-hydroxylation sites is 1. The van der Waals surface area contributed by atoms with Gasteiger partial charge >= 0.3 is 0 Å². The molecule has 0 saturated carbocycles. The minimum atomic E-state index is -0.288. The third-order valence-corrected chi connectivity index (χ3v) is 4.65. The summed E-state index contributed by atoms with van der Waals surface area (Å²) in [5.74, 6) is -0.288. The van der Waals surface area contributed by atoms with E-state index in [-0.39, 0.29) is 12.0 Å². The molecule has 0 aliphatic carbocycles. The zero-order chi connectivity index (χ0) is 22.3. The fraction of sp³-hybridized carbons (Fsp3) is 0.292. The third-order valence-electron chi connectivity index (χ3n) is 4.46. The van der Waals surface area contributed by atoms with Crippen LogP contribution in [0.15, 0.2) is 69.3 Å². The maximum Gasteiger partial charge on any atom is 0.258 e. The number of halogens is 1. The van der Waals surface area contributed by atoms with Crippen molar-refractivity contribution in [1.82, 2.24) is 0 Å². The van der Waals surface area contributed by atoms with Crippen molar-refractivity contribution >= 4 is 34.6 Å². The first-order valence-corrected chi connectivity index (χ1v) is 10.1. The van der Waals surface area contributed by atoms with E-state index in [1.54, 1.807) is 20.9 Å². The predicted molar refractivity (Wildman–Crippen MR) is 127 cm³/mol. The number of aliphatic imine (C=N–C) groups is 1. The molecule has 0 aromatic heterocycles. The SMILES string of the molecule is CN=C(C)/C(C(=O)Nc1ccccc1-c1ccc(/C(C)=N/OC(C)C)cc1)=C(\C)Cl. The molecule has 2 aromatic rings. The minimum absolute atomic E-state index is 0.0340. The Morgan fingerprint density at radius 1 is 1.03 bits per heavy atom. The topological polar surface area (TPSA) is 63.0 Å². The van der Waals surface area contributed by atoms with Gasteiger partial charge in [-0.1, -0.05) is 59.2 Å². The molecule has 0 radical (unpaired) electrons. The predicted octanol–water partition coefficient (Wildman–Crippen LogP) is 6.04. The van der Waals surface area contributed by atoms with Gasteiger partial charge in [0.15, 0.2) is 0 Å². The van der Waals surface area contributed by atoms with Crippen molar-refractivity contribution in [1.29, 1.82) is 0 Å². The molecule has 1 amide bonds. The summed E-state index contributed by atoms with van der Waals surface area (Å²) in [4.78, 5) is 22.3. The van der Waals surface area contributed by atoms with Gasteiger partial charge in [-0.2, -0.15) is 0 Å². The lowest BCUT2D eigenvalue weighted by Gasteiger charge is -2.14. The largest absolute Gasteiger partial charge is 0.393 e. The van der Waals surface area contributed by atoms with Crippen molar-refractivity contribution in [2.75, 3.05) is 12.4 Å². The number of nitrogens with zero attached hydrogens (tertiary/aromatic N) is 2. The number of carbonyl (C=O) groups excluding carboxylic acids is 1. The Morgan fingerprint density at radius 3 is 2.23 bits per heavy atom. The van der Waals surface area contributed by atoms with Crippen molar-refractivity contribution in [2.45, 2.75) is 40.7 Å². The van der Waals surface area contributed by atoms with E-state index in [4.69, 9.17) is 16.4 Å². The van der Waals surface area contributed by atoms with Crippen LogP contribution in [0, 0.1) is 0 Å². The smallest absolute Gasteiger partial charge is 0.258 e. The first kappa shape index (κ1) is 23.4. The summed E-state index contributed by atoms with van der Waals surface area (Å²) in [6.45, 7) is 9.23. The van der Waals surface area contributed by atoms with Crippen LogP contribution in [-0.4, -0.2) is 30.5 Å². The number of benzene rings is 2. The Hall–Kier alpha value is -2.92. The maximum atomic E-state index is 12.8. The molecule has 6 heteroatoms. The summed E-state index contributed by atoms with van der Waals surface area (Å²) in [6.07, 6.45) is 0.0340. The monoisotopic (exact) mass is 425 g/mol. The lowest BCUT2D eigenvalue weighted by atomic mass is 10.0. The van der Waals surface area contributed by atoms with Gasteiger partial charge in [0.25, 0.3) is 5.91 Å². The Kier molecular flexibility index (Phi) is 8.36. The molecule has 30 heavy (non-hydrogen) atoms. The van der Waals surface area contributed by atoms with Crippen LogP contribution in [0.2, 0.25) is 0 Å². The number of amides is 1. The summed E-state index contributed by atoms with van der Waals surface area (Å²) in [7, 11) is 1.63. The average Bonchev–Trinajstić information content (AvgIpc) is 2.72. The van der Waals surface area contributed by atoms with Gasteiger partial charge in [0.05, 0.1) is 11.3 Å². The highest BCUT2D eigenvalue weighted by Crippen LogP contribution is 2.29. The highest BCUT2D eigenvalue weighted by Gasteiger charge is 2.17. The lowest BCUT2D eigenvalue weighted by Crippen LogP contribution is -2.20. The van der Waals surface area contributed by atoms with Gasteiger partial charge in [-0.05, 0) is 51.8 Å². The van der Waals surface area contributed by atoms with Crippen LogP contribution in [-0.2, 0) is 9.63 Å². The molecule has 2 aromatic carbocycles. The molecule has 0 aliphatic heterocycles. The first-order valence-electron chi connectivity index (χ1n) is 9.76. The molecule has 0 fully saturated rings. The molecule has 0 aliphatic rings. The Labute approximate surface area is 183 Å². The lowest BCUT2D eigenvalue weighted by molar-refractivity contribution is -0.112. The summed E-state index contributed by atoms with van der Waals surface area (Å²) in [5.41, 5.74) is 5.31. The van der Waals surface area contributed by atoms with E-state index in [0.717, 1.165) is 22.4 Å². The fourth-order valence-electron chi connectivity index (χ4n) is 2.84. The Morgan fingerprint density at radius 2 is 1.67 bits per heavy atom. The molecule has 0 saturated heterocycles. The highest BCUT2D eigenvalue weighted by molar-refractivity contribution is 6.38. The first-order chi connectivity index (χ1) is 14.2. The second kappa shape index (κ2) is 10.7. The summed E-state index contributed by atoms with van der Waals surface area (Å²) in [5, 5.41) is 7.51. The van der Waals surface area contributed by atoms with E-state index >= 15 is 0 Å². The van der Waals surface area contributed by atoms with Crippen LogP contribution in [0.5, 0.6) is 0 Å². The maximum absolute atomic E-state index is 12.8. The fourth-order valence-corrected chi connectivity index (χ4v) is 3.06. The van der Waals surface area contributed by atoms with Crippen LogP contribution in [0.4, 0.5) is 5.69 Å². The number of hydrogen-bond donors (Lipinski definition) is 1. The number of oxime groups is 1. The molecular formula is C24H28ClN3O2. The molecule has 1 N–H and O–H groups in total. The number of hydrogen-bond acceptors (Lipinski definition) is 4. The zero-order valence-corrected chi connectivity index (χ0v) is 19.0. The van der Waals surface area contributed by atoms with Gasteiger partial charge in [-0.15, -0.1) is 0 Å². The number of rotatable bonds is 7. The van der Waals surface area contributed by atoms with E-state index in [9.17, 15) is 4.79 Å². The molecule has 0 unspecified atom stereocenters.